The number of nitrogens with one attached hydrogen (secondary N) is 1. The predicted molar refractivity (Wildman–Crippen MR) is 81.8 cm³/mol. The Hall–Kier alpha value is -2.49. The summed E-state index contributed by atoms with van der Waals surface area (Å²) in [6.07, 6.45) is 1.32. The molecule has 8 heteroatoms. The van der Waals surface area contributed by atoms with Gasteiger partial charge >= 0.3 is 0 Å². The zero-order valence-corrected chi connectivity index (χ0v) is 12.3. The van der Waals surface area contributed by atoms with E-state index in [0.717, 1.165) is 0 Å². The maximum absolute atomic E-state index is 14.2. The van der Waals surface area contributed by atoms with Gasteiger partial charge in [-0.15, -0.1) is 0 Å². The molecule has 1 N–H and O–H groups in total. The van der Waals surface area contributed by atoms with Gasteiger partial charge in [-0.25, -0.2) is 19.3 Å². The molecule has 22 heavy (non-hydrogen) atoms. The molecule has 2 heterocycles. The van der Waals surface area contributed by atoms with Crippen LogP contribution in [0.25, 0.3) is 11.0 Å². The Morgan fingerprint density at radius 3 is 2.73 bits per heavy atom. The number of hydrogen-bond acceptors (Lipinski definition) is 5. The molecular formula is C14H6Cl2FN5. The minimum Gasteiger partial charge on any atom is -0.336 e. The van der Waals surface area contributed by atoms with Crippen LogP contribution in [0.5, 0.6) is 0 Å². The van der Waals surface area contributed by atoms with Crippen LogP contribution in [0.2, 0.25) is 10.2 Å². The van der Waals surface area contributed by atoms with E-state index in [1.165, 1.54) is 18.5 Å². The molecule has 0 amide bonds. The van der Waals surface area contributed by atoms with Gasteiger partial charge in [0.05, 0.1) is 21.8 Å². The van der Waals surface area contributed by atoms with Crippen LogP contribution >= 0.6 is 23.2 Å². The van der Waals surface area contributed by atoms with Crippen LogP contribution < -0.4 is 5.32 Å². The van der Waals surface area contributed by atoms with Crippen molar-refractivity contribution in [2.24, 2.45) is 0 Å². The van der Waals surface area contributed by atoms with E-state index in [1.54, 1.807) is 12.1 Å². The SMILES string of the molecule is N#Cc1ccc(Nc2ncnc3ccc(Cl)nc23)c(F)c1Cl. The smallest absolute Gasteiger partial charge is 0.166 e. The van der Waals surface area contributed by atoms with E-state index in [-0.39, 0.29) is 27.2 Å². The van der Waals surface area contributed by atoms with E-state index >= 15 is 0 Å². The molecule has 0 spiro atoms. The summed E-state index contributed by atoms with van der Waals surface area (Å²) in [5.41, 5.74) is 1.08. The number of aromatic nitrogens is 3. The highest BCUT2D eigenvalue weighted by Crippen LogP contribution is 2.29. The average Bonchev–Trinajstić information content (AvgIpc) is 2.52. The maximum Gasteiger partial charge on any atom is 0.166 e. The van der Waals surface area contributed by atoms with Crippen LogP contribution in [0, 0.1) is 17.1 Å². The molecule has 2 aromatic heterocycles. The first-order valence-corrected chi connectivity index (χ1v) is 6.78. The summed E-state index contributed by atoms with van der Waals surface area (Å²) in [5.74, 6) is -0.457. The molecule has 0 bridgehead atoms. The van der Waals surface area contributed by atoms with Crippen LogP contribution in [0.3, 0.4) is 0 Å². The fourth-order valence-corrected chi connectivity index (χ4v) is 2.22. The Morgan fingerprint density at radius 2 is 1.95 bits per heavy atom. The van der Waals surface area contributed by atoms with E-state index in [9.17, 15) is 4.39 Å². The van der Waals surface area contributed by atoms with Gasteiger partial charge in [0.15, 0.2) is 11.6 Å². The van der Waals surface area contributed by atoms with Crippen molar-refractivity contribution in [2.75, 3.05) is 5.32 Å². The summed E-state index contributed by atoms with van der Waals surface area (Å²) >= 11 is 11.7. The van der Waals surface area contributed by atoms with Crippen molar-refractivity contribution < 1.29 is 4.39 Å². The third kappa shape index (κ3) is 2.52. The number of benzene rings is 1. The van der Waals surface area contributed by atoms with Crippen molar-refractivity contribution in [3.63, 3.8) is 0 Å². The Morgan fingerprint density at radius 1 is 1.14 bits per heavy atom. The number of rotatable bonds is 2. The topological polar surface area (TPSA) is 74.5 Å². The van der Waals surface area contributed by atoms with E-state index in [4.69, 9.17) is 28.5 Å². The van der Waals surface area contributed by atoms with Gasteiger partial charge < -0.3 is 5.32 Å². The second-order valence-electron chi connectivity index (χ2n) is 4.25. The number of hydrogen-bond donors (Lipinski definition) is 1. The molecule has 0 atom stereocenters. The minimum atomic E-state index is -0.741. The summed E-state index contributed by atoms with van der Waals surface area (Å²) in [7, 11) is 0. The number of nitriles is 1. The lowest BCUT2D eigenvalue weighted by atomic mass is 10.2. The normalized spacial score (nSPS) is 10.5. The molecule has 0 aliphatic carbocycles. The first-order chi connectivity index (χ1) is 10.6. The van der Waals surface area contributed by atoms with Crippen LogP contribution in [-0.2, 0) is 0 Å². The van der Waals surface area contributed by atoms with E-state index in [2.05, 4.69) is 20.3 Å². The summed E-state index contributed by atoms with van der Waals surface area (Å²) in [6, 6.07) is 7.90. The summed E-state index contributed by atoms with van der Waals surface area (Å²) in [4.78, 5) is 12.2. The Kier molecular flexibility index (Phi) is 3.75. The molecule has 108 valence electrons. The van der Waals surface area contributed by atoms with Crippen LogP contribution in [-0.4, -0.2) is 15.0 Å². The lowest BCUT2D eigenvalue weighted by Gasteiger charge is -2.10. The van der Waals surface area contributed by atoms with Gasteiger partial charge in [-0.3, -0.25) is 0 Å². The monoisotopic (exact) mass is 333 g/mol. The van der Waals surface area contributed by atoms with Crippen molar-refractivity contribution in [1.82, 2.24) is 15.0 Å². The zero-order valence-electron chi connectivity index (χ0n) is 10.8. The molecule has 1 aromatic carbocycles. The highest BCUT2D eigenvalue weighted by atomic mass is 35.5. The quantitative estimate of drug-likeness (QED) is 0.715. The van der Waals surface area contributed by atoms with Crippen LogP contribution in [0.1, 0.15) is 5.56 Å². The minimum absolute atomic E-state index is 0.0541. The molecule has 0 fully saturated rings. The number of fused-ring (bicyclic) bond motifs is 1. The molecule has 0 unspecified atom stereocenters. The van der Waals surface area contributed by atoms with Crippen molar-refractivity contribution in [1.29, 1.82) is 5.26 Å². The Labute approximate surface area is 134 Å². The van der Waals surface area contributed by atoms with Gasteiger partial charge in [-0.2, -0.15) is 5.26 Å². The van der Waals surface area contributed by atoms with Gasteiger partial charge in [0.1, 0.15) is 23.1 Å². The van der Waals surface area contributed by atoms with Gasteiger partial charge in [-0.05, 0) is 24.3 Å². The molecule has 0 aliphatic rings. The van der Waals surface area contributed by atoms with Crippen molar-refractivity contribution in [2.45, 2.75) is 0 Å². The summed E-state index contributed by atoms with van der Waals surface area (Å²) in [6.45, 7) is 0. The van der Waals surface area contributed by atoms with Gasteiger partial charge in [0.2, 0.25) is 0 Å². The van der Waals surface area contributed by atoms with E-state index < -0.39 is 5.82 Å². The average molecular weight is 334 g/mol. The number of nitrogens with zero attached hydrogens (tertiary/aromatic N) is 4. The highest BCUT2D eigenvalue weighted by Gasteiger charge is 2.14. The number of pyridine rings is 1. The third-order valence-electron chi connectivity index (χ3n) is 2.90. The second kappa shape index (κ2) is 5.72. The number of halogens is 3. The summed E-state index contributed by atoms with van der Waals surface area (Å²) in [5, 5.41) is 11.6. The van der Waals surface area contributed by atoms with Crippen LogP contribution in [0.4, 0.5) is 15.9 Å². The standard InChI is InChI=1S/C14H6Cl2FN5/c15-10-4-3-9-13(22-10)14(20-6-19-9)21-8-2-1-7(5-18)11(16)12(8)17/h1-4,6H,(H,19,20,21). The van der Waals surface area contributed by atoms with Gasteiger partial charge in [-0.1, -0.05) is 23.2 Å². The molecular weight excluding hydrogens is 328 g/mol. The molecule has 0 radical (unpaired) electrons. The van der Waals surface area contributed by atoms with Crippen molar-refractivity contribution in [3.05, 3.63) is 52.1 Å². The molecule has 0 aliphatic heterocycles. The largest absolute Gasteiger partial charge is 0.336 e. The zero-order chi connectivity index (χ0) is 15.7. The first-order valence-electron chi connectivity index (χ1n) is 6.02. The Balaban J connectivity index is 2.10. The van der Waals surface area contributed by atoms with E-state index in [0.29, 0.717) is 11.0 Å². The maximum atomic E-state index is 14.2. The molecule has 3 aromatic rings. The Bertz CT molecular complexity index is 923. The second-order valence-corrected chi connectivity index (χ2v) is 5.01. The van der Waals surface area contributed by atoms with Crippen LogP contribution in [0.15, 0.2) is 30.6 Å². The lowest BCUT2D eigenvalue weighted by molar-refractivity contribution is 0.632. The number of anilines is 2. The highest BCUT2D eigenvalue weighted by molar-refractivity contribution is 6.32. The lowest BCUT2D eigenvalue weighted by Crippen LogP contribution is -2.00. The summed E-state index contributed by atoms with van der Waals surface area (Å²) < 4.78 is 14.2. The van der Waals surface area contributed by atoms with Gasteiger partial charge in [0, 0.05) is 0 Å². The van der Waals surface area contributed by atoms with Crippen molar-refractivity contribution >= 4 is 45.7 Å². The fraction of sp³-hybridized carbons (Fsp3) is 0. The molecule has 0 saturated carbocycles. The van der Waals surface area contributed by atoms with Crippen molar-refractivity contribution in [3.8, 4) is 6.07 Å². The third-order valence-corrected chi connectivity index (χ3v) is 3.48. The molecule has 3 rings (SSSR count). The van der Waals surface area contributed by atoms with Gasteiger partial charge in [0.25, 0.3) is 0 Å². The molecule has 5 nitrogen and oxygen atoms in total. The fourth-order valence-electron chi connectivity index (χ4n) is 1.87. The predicted octanol–water partition coefficient (Wildman–Crippen LogP) is 4.09. The first kappa shape index (κ1) is 14.4. The van der Waals surface area contributed by atoms with E-state index in [1.807, 2.05) is 6.07 Å². The molecule has 0 saturated heterocycles.